The van der Waals surface area contributed by atoms with Crippen LogP contribution in [0.25, 0.3) is 0 Å². The summed E-state index contributed by atoms with van der Waals surface area (Å²) in [5.74, 6) is -0.909. The molecule has 2 rings (SSSR count). The largest absolute Gasteiger partial charge is 0.397 e. The van der Waals surface area contributed by atoms with Crippen molar-refractivity contribution in [1.29, 1.82) is 0 Å². The quantitative estimate of drug-likeness (QED) is 0.824. The highest BCUT2D eigenvalue weighted by molar-refractivity contribution is 6.34. The van der Waals surface area contributed by atoms with Crippen molar-refractivity contribution in [2.24, 2.45) is 0 Å². The highest BCUT2D eigenvalue weighted by Gasteiger charge is 2.14. The standard InChI is InChI=1S/C15H14ClFN2O/c1-8-3-6-13(18)14(9(8)2)19-15(20)11-5-4-10(17)7-12(11)16/h3-7H,18H2,1-2H3,(H,19,20). The molecule has 2 aromatic rings. The Balaban J connectivity index is 2.35. The van der Waals surface area contributed by atoms with Gasteiger partial charge in [-0.1, -0.05) is 17.7 Å². The van der Waals surface area contributed by atoms with E-state index in [4.69, 9.17) is 17.3 Å². The zero-order chi connectivity index (χ0) is 14.9. The summed E-state index contributed by atoms with van der Waals surface area (Å²) in [5, 5.41) is 2.79. The monoisotopic (exact) mass is 292 g/mol. The van der Waals surface area contributed by atoms with E-state index in [0.717, 1.165) is 17.2 Å². The summed E-state index contributed by atoms with van der Waals surface area (Å²) in [5.41, 5.74) is 9.00. The van der Waals surface area contributed by atoms with Gasteiger partial charge < -0.3 is 11.1 Å². The molecule has 0 aliphatic rings. The maximum atomic E-state index is 13.0. The molecule has 1 amide bonds. The Hall–Kier alpha value is -2.07. The van der Waals surface area contributed by atoms with Crippen LogP contribution in [0.1, 0.15) is 21.5 Å². The van der Waals surface area contributed by atoms with E-state index in [0.29, 0.717) is 11.4 Å². The van der Waals surface area contributed by atoms with Gasteiger partial charge in [0.05, 0.1) is 22.0 Å². The molecule has 0 unspecified atom stereocenters. The number of rotatable bonds is 2. The minimum Gasteiger partial charge on any atom is -0.397 e. The lowest BCUT2D eigenvalue weighted by Crippen LogP contribution is -2.15. The van der Waals surface area contributed by atoms with Crippen molar-refractivity contribution < 1.29 is 9.18 Å². The molecule has 2 aromatic carbocycles. The molecule has 3 N–H and O–H groups in total. The average Bonchev–Trinajstić information content (AvgIpc) is 2.39. The second-order valence-electron chi connectivity index (χ2n) is 4.55. The summed E-state index contributed by atoms with van der Waals surface area (Å²) in [6, 6.07) is 7.24. The number of carbonyl (C=O) groups is 1. The van der Waals surface area contributed by atoms with Gasteiger partial charge in [0.25, 0.3) is 5.91 Å². The van der Waals surface area contributed by atoms with Gasteiger partial charge >= 0.3 is 0 Å². The van der Waals surface area contributed by atoms with Gasteiger partial charge in [-0.3, -0.25) is 4.79 Å². The number of amides is 1. The molecule has 0 aliphatic carbocycles. The number of nitrogen functional groups attached to an aromatic ring is 1. The van der Waals surface area contributed by atoms with Crippen molar-refractivity contribution in [3.05, 3.63) is 57.9 Å². The van der Waals surface area contributed by atoms with Crippen LogP contribution >= 0.6 is 11.6 Å². The van der Waals surface area contributed by atoms with Crippen LogP contribution in [0.5, 0.6) is 0 Å². The Morgan fingerprint density at radius 3 is 2.60 bits per heavy atom. The minimum absolute atomic E-state index is 0.0615. The Bertz CT molecular complexity index is 686. The number of aryl methyl sites for hydroxylation is 1. The third kappa shape index (κ3) is 2.75. The minimum atomic E-state index is -0.488. The first-order chi connectivity index (χ1) is 9.40. The normalized spacial score (nSPS) is 10.4. The fourth-order valence-corrected chi connectivity index (χ4v) is 2.11. The molecule has 0 aromatic heterocycles. The Kier molecular flexibility index (Phi) is 3.95. The highest BCUT2D eigenvalue weighted by atomic mass is 35.5. The molecule has 20 heavy (non-hydrogen) atoms. The summed E-state index contributed by atoms with van der Waals surface area (Å²) in [6.45, 7) is 3.79. The molecule has 104 valence electrons. The van der Waals surface area contributed by atoms with E-state index < -0.39 is 11.7 Å². The maximum absolute atomic E-state index is 13.0. The third-order valence-electron chi connectivity index (χ3n) is 3.18. The van der Waals surface area contributed by atoms with Crippen LogP contribution in [0.4, 0.5) is 15.8 Å². The first kappa shape index (κ1) is 14.3. The summed E-state index contributed by atoms with van der Waals surface area (Å²) in [4.78, 5) is 12.2. The van der Waals surface area contributed by atoms with Gasteiger partial charge in [0.15, 0.2) is 0 Å². The molecule has 0 heterocycles. The fourth-order valence-electron chi connectivity index (χ4n) is 1.86. The van der Waals surface area contributed by atoms with Gasteiger partial charge in [-0.2, -0.15) is 0 Å². The molecule has 5 heteroatoms. The summed E-state index contributed by atoms with van der Waals surface area (Å²) < 4.78 is 13.0. The van der Waals surface area contributed by atoms with Crippen LogP contribution in [0.2, 0.25) is 5.02 Å². The molecular weight excluding hydrogens is 279 g/mol. The van der Waals surface area contributed by atoms with Crippen LogP contribution < -0.4 is 11.1 Å². The number of hydrogen-bond donors (Lipinski definition) is 2. The zero-order valence-corrected chi connectivity index (χ0v) is 11.9. The van der Waals surface area contributed by atoms with Crippen LogP contribution in [-0.4, -0.2) is 5.91 Å². The maximum Gasteiger partial charge on any atom is 0.257 e. The molecule has 0 saturated carbocycles. The van der Waals surface area contributed by atoms with E-state index in [2.05, 4.69) is 5.32 Å². The van der Waals surface area contributed by atoms with Crippen molar-refractivity contribution in [2.75, 3.05) is 11.1 Å². The number of nitrogens with one attached hydrogen (secondary N) is 1. The van der Waals surface area contributed by atoms with Gasteiger partial charge in [0.1, 0.15) is 5.82 Å². The first-order valence-electron chi connectivity index (χ1n) is 6.02. The Morgan fingerprint density at radius 2 is 1.95 bits per heavy atom. The van der Waals surface area contributed by atoms with Crippen LogP contribution in [0.3, 0.4) is 0 Å². The van der Waals surface area contributed by atoms with E-state index in [1.807, 2.05) is 19.9 Å². The van der Waals surface area contributed by atoms with Crippen LogP contribution in [0, 0.1) is 19.7 Å². The zero-order valence-electron chi connectivity index (χ0n) is 11.1. The number of benzene rings is 2. The second-order valence-corrected chi connectivity index (χ2v) is 4.96. The number of nitrogens with two attached hydrogens (primary N) is 1. The van der Waals surface area contributed by atoms with E-state index in [1.165, 1.54) is 12.1 Å². The van der Waals surface area contributed by atoms with Gasteiger partial charge in [-0.25, -0.2) is 4.39 Å². The topological polar surface area (TPSA) is 55.1 Å². The summed E-state index contributed by atoms with van der Waals surface area (Å²) in [7, 11) is 0. The van der Waals surface area contributed by atoms with Crippen molar-refractivity contribution in [2.45, 2.75) is 13.8 Å². The van der Waals surface area contributed by atoms with E-state index >= 15 is 0 Å². The number of hydrogen-bond acceptors (Lipinski definition) is 2. The van der Waals surface area contributed by atoms with Gasteiger partial charge in [-0.15, -0.1) is 0 Å². The van der Waals surface area contributed by atoms with E-state index in [1.54, 1.807) is 6.07 Å². The molecule has 0 radical (unpaired) electrons. The van der Waals surface area contributed by atoms with Crippen LogP contribution in [0.15, 0.2) is 30.3 Å². The van der Waals surface area contributed by atoms with Gasteiger partial charge in [0.2, 0.25) is 0 Å². The molecule has 0 atom stereocenters. The number of anilines is 2. The van der Waals surface area contributed by atoms with Crippen molar-refractivity contribution in [3.8, 4) is 0 Å². The highest BCUT2D eigenvalue weighted by Crippen LogP contribution is 2.27. The first-order valence-corrected chi connectivity index (χ1v) is 6.40. The summed E-state index contributed by atoms with van der Waals surface area (Å²) in [6.07, 6.45) is 0. The molecule has 0 spiro atoms. The lowest BCUT2D eigenvalue weighted by molar-refractivity contribution is 0.102. The van der Waals surface area contributed by atoms with E-state index in [9.17, 15) is 9.18 Å². The van der Waals surface area contributed by atoms with Gasteiger partial charge in [-0.05, 0) is 49.2 Å². The number of halogens is 2. The molecule has 0 aliphatic heterocycles. The predicted octanol–water partition coefficient (Wildman–Crippen LogP) is 3.93. The molecule has 0 bridgehead atoms. The van der Waals surface area contributed by atoms with E-state index in [-0.39, 0.29) is 10.6 Å². The molecule has 3 nitrogen and oxygen atoms in total. The van der Waals surface area contributed by atoms with Crippen LogP contribution in [-0.2, 0) is 0 Å². The fraction of sp³-hybridized carbons (Fsp3) is 0.133. The third-order valence-corrected chi connectivity index (χ3v) is 3.50. The van der Waals surface area contributed by atoms with Gasteiger partial charge in [0, 0.05) is 0 Å². The summed E-state index contributed by atoms with van der Waals surface area (Å²) >= 11 is 5.87. The van der Waals surface area contributed by atoms with Crippen molar-refractivity contribution >= 4 is 28.9 Å². The smallest absolute Gasteiger partial charge is 0.257 e. The Labute approximate surface area is 121 Å². The lowest BCUT2D eigenvalue weighted by atomic mass is 10.1. The Morgan fingerprint density at radius 1 is 1.25 bits per heavy atom. The SMILES string of the molecule is Cc1ccc(N)c(NC(=O)c2ccc(F)cc2Cl)c1C. The second kappa shape index (κ2) is 5.51. The lowest BCUT2D eigenvalue weighted by Gasteiger charge is -2.14. The van der Waals surface area contributed by atoms with Crippen molar-refractivity contribution in [1.82, 2.24) is 0 Å². The molecule has 0 fully saturated rings. The predicted molar refractivity (Wildman–Crippen MR) is 79.7 cm³/mol. The van der Waals surface area contributed by atoms with Crippen molar-refractivity contribution in [3.63, 3.8) is 0 Å². The molecule has 0 saturated heterocycles. The molecular formula is C15H14ClFN2O. The average molecular weight is 293 g/mol. The number of carbonyl (C=O) groups excluding carboxylic acids is 1.